The standard InChI is InChI=1S/C14H24O3/c1-2-11-3-6-14(9-11,13(15)16)10-12-4-7-17-8-5-12/h11-12H,2-10H2,1H3,(H,15,16). The van der Waals surface area contributed by atoms with Crippen LogP contribution in [0.5, 0.6) is 0 Å². The molecule has 0 aromatic rings. The van der Waals surface area contributed by atoms with E-state index >= 15 is 0 Å². The van der Waals surface area contributed by atoms with Crippen LogP contribution in [0.15, 0.2) is 0 Å². The van der Waals surface area contributed by atoms with Gasteiger partial charge in [0.25, 0.3) is 0 Å². The van der Waals surface area contributed by atoms with Crippen molar-refractivity contribution >= 4 is 5.97 Å². The molecule has 0 spiro atoms. The molecule has 0 aromatic carbocycles. The molecule has 0 aromatic heterocycles. The van der Waals surface area contributed by atoms with Gasteiger partial charge in [-0.3, -0.25) is 4.79 Å². The first kappa shape index (κ1) is 12.9. The molecule has 1 saturated carbocycles. The minimum absolute atomic E-state index is 0.414. The van der Waals surface area contributed by atoms with Gasteiger partial charge in [-0.25, -0.2) is 0 Å². The first-order valence-electron chi connectivity index (χ1n) is 6.97. The third-order valence-electron chi connectivity index (χ3n) is 4.76. The van der Waals surface area contributed by atoms with Gasteiger partial charge in [-0.15, -0.1) is 0 Å². The molecule has 2 aliphatic rings. The lowest BCUT2D eigenvalue weighted by molar-refractivity contribution is -0.150. The van der Waals surface area contributed by atoms with E-state index in [9.17, 15) is 9.90 Å². The molecule has 0 bridgehead atoms. The van der Waals surface area contributed by atoms with Crippen LogP contribution in [-0.4, -0.2) is 24.3 Å². The number of carboxylic acids is 1. The van der Waals surface area contributed by atoms with Gasteiger partial charge in [-0.05, 0) is 50.4 Å². The van der Waals surface area contributed by atoms with E-state index in [0.717, 1.165) is 58.2 Å². The van der Waals surface area contributed by atoms with Gasteiger partial charge in [0, 0.05) is 13.2 Å². The van der Waals surface area contributed by atoms with Crippen molar-refractivity contribution in [1.29, 1.82) is 0 Å². The summed E-state index contributed by atoms with van der Waals surface area (Å²) in [5.41, 5.74) is -0.414. The van der Waals surface area contributed by atoms with E-state index in [4.69, 9.17) is 4.74 Å². The first-order valence-corrected chi connectivity index (χ1v) is 6.97. The van der Waals surface area contributed by atoms with E-state index in [2.05, 4.69) is 6.92 Å². The Hall–Kier alpha value is -0.570. The van der Waals surface area contributed by atoms with Gasteiger partial charge < -0.3 is 9.84 Å². The molecule has 1 N–H and O–H groups in total. The Bertz CT molecular complexity index is 271. The number of ether oxygens (including phenoxy) is 1. The Morgan fingerprint density at radius 2 is 2.00 bits per heavy atom. The molecule has 3 heteroatoms. The van der Waals surface area contributed by atoms with Gasteiger partial charge in [0.2, 0.25) is 0 Å². The highest BCUT2D eigenvalue weighted by molar-refractivity contribution is 5.75. The summed E-state index contributed by atoms with van der Waals surface area (Å²) in [6.45, 7) is 3.81. The fourth-order valence-electron chi connectivity index (χ4n) is 3.56. The zero-order valence-electron chi connectivity index (χ0n) is 10.8. The zero-order chi connectivity index (χ0) is 12.3. The summed E-state index contributed by atoms with van der Waals surface area (Å²) in [6.07, 6.45) is 6.99. The predicted molar refractivity (Wildman–Crippen MR) is 65.9 cm³/mol. The molecule has 98 valence electrons. The minimum atomic E-state index is -0.556. The molecule has 0 radical (unpaired) electrons. The van der Waals surface area contributed by atoms with Crippen LogP contribution in [-0.2, 0) is 9.53 Å². The van der Waals surface area contributed by atoms with Crippen molar-refractivity contribution in [2.75, 3.05) is 13.2 Å². The Morgan fingerprint density at radius 1 is 1.29 bits per heavy atom. The normalized spacial score (nSPS) is 35.0. The summed E-state index contributed by atoms with van der Waals surface area (Å²) >= 11 is 0. The summed E-state index contributed by atoms with van der Waals surface area (Å²) in [7, 11) is 0. The number of rotatable bonds is 4. The van der Waals surface area contributed by atoms with Crippen LogP contribution in [0.2, 0.25) is 0 Å². The highest BCUT2D eigenvalue weighted by Gasteiger charge is 2.46. The van der Waals surface area contributed by atoms with E-state index < -0.39 is 11.4 Å². The average molecular weight is 240 g/mol. The first-order chi connectivity index (χ1) is 8.16. The molecule has 1 aliphatic carbocycles. The molecular formula is C14H24O3. The van der Waals surface area contributed by atoms with Crippen LogP contribution < -0.4 is 0 Å². The maximum atomic E-state index is 11.6. The van der Waals surface area contributed by atoms with Gasteiger partial charge in [0.1, 0.15) is 0 Å². The van der Waals surface area contributed by atoms with Gasteiger partial charge in [-0.2, -0.15) is 0 Å². The second-order valence-corrected chi connectivity index (χ2v) is 5.86. The van der Waals surface area contributed by atoms with Crippen LogP contribution in [0.4, 0.5) is 0 Å². The monoisotopic (exact) mass is 240 g/mol. The van der Waals surface area contributed by atoms with Crippen molar-refractivity contribution in [3.63, 3.8) is 0 Å². The van der Waals surface area contributed by atoms with Gasteiger partial charge >= 0.3 is 5.97 Å². The Balaban J connectivity index is 1.99. The number of carboxylic acid groups (broad SMARTS) is 1. The topological polar surface area (TPSA) is 46.5 Å². The number of aliphatic carboxylic acids is 1. The van der Waals surface area contributed by atoms with Gasteiger partial charge in [0.15, 0.2) is 0 Å². The minimum Gasteiger partial charge on any atom is -0.481 e. The largest absolute Gasteiger partial charge is 0.481 e. The van der Waals surface area contributed by atoms with Crippen LogP contribution >= 0.6 is 0 Å². The van der Waals surface area contributed by atoms with E-state index in [-0.39, 0.29) is 0 Å². The average Bonchev–Trinajstić information content (AvgIpc) is 2.75. The molecule has 1 heterocycles. The van der Waals surface area contributed by atoms with Crippen molar-refractivity contribution < 1.29 is 14.6 Å². The zero-order valence-corrected chi connectivity index (χ0v) is 10.8. The van der Waals surface area contributed by atoms with Crippen LogP contribution in [0.3, 0.4) is 0 Å². The molecule has 2 rings (SSSR count). The van der Waals surface area contributed by atoms with E-state index in [1.165, 1.54) is 0 Å². The molecule has 3 nitrogen and oxygen atoms in total. The molecule has 0 amide bonds. The number of hydrogen-bond acceptors (Lipinski definition) is 2. The fourth-order valence-corrected chi connectivity index (χ4v) is 3.56. The van der Waals surface area contributed by atoms with Crippen molar-refractivity contribution in [2.45, 2.75) is 51.9 Å². The highest BCUT2D eigenvalue weighted by Crippen LogP contribution is 2.48. The Kier molecular flexibility index (Phi) is 4.08. The molecule has 1 saturated heterocycles. The smallest absolute Gasteiger partial charge is 0.309 e. The summed E-state index contributed by atoms with van der Waals surface area (Å²) < 4.78 is 5.35. The Labute approximate surface area is 104 Å². The second-order valence-electron chi connectivity index (χ2n) is 5.86. The molecule has 2 unspecified atom stereocenters. The second kappa shape index (κ2) is 5.38. The SMILES string of the molecule is CCC1CCC(CC2CCOCC2)(C(=O)O)C1. The summed E-state index contributed by atoms with van der Waals surface area (Å²) in [6, 6.07) is 0. The van der Waals surface area contributed by atoms with Crippen LogP contribution in [0.25, 0.3) is 0 Å². The van der Waals surface area contributed by atoms with Crippen molar-refractivity contribution in [3.05, 3.63) is 0 Å². The third-order valence-corrected chi connectivity index (χ3v) is 4.76. The number of carbonyl (C=O) groups is 1. The predicted octanol–water partition coefficient (Wildman–Crippen LogP) is 3.08. The lowest BCUT2D eigenvalue weighted by atomic mass is 9.75. The van der Waals surface area contributed by atoms with Crippen molar-refractivity contribution in [2.24, 2.45) is 17.3 Å². The summed E-state index contributed by atoms with van der Waals surface area (Å²) in [4.78, 5) is 11.6. The van der Waals surface area contributed by atoms with E-state index in [0.29, 0.717) is 11.8 Å². The quantitative estimate of drug-likeness (QED) is 0.821. The lowest BCUT2D eigenvalue weighted by Crippen LogP contribution is -2.32. The highest BCUT2D eigenvalue weighted by atomic mass is 16.5. The number of hydrogen-bond donors (Lipinski definition) is 1. The molecule has 17 heavy (non-hydrogen) atoms. The molecule has 2 atom stereocenters. The lowest BCUT2D eigenvalue weighted by Gasteiger charge is -2.31. The van der Waals surface area contributed by atoms with Crippen LogP contribution in [0.1, 0.15) is 51.9 Å². The Morgan fingerprint density at radius 3 is 2.53 bits per heavy atom. The van der Waals surface area contributed by atoms with E-state index in [1.54, 1.807) is 0 Å². The van der Waals surface area contributed by atoms with Gasteiger partial charge in [0.05, 0.1) is 5.41 Å². The summed E-state index contributed by atoms with van der Waals surface area (Å²) in [5.74, 6) is 0.640. The summed E-state index contributed by atoms with van der Waals surface area (Å²) in [5, 5.41) is 9.58. The third kappa shape index (κ3) is 2.82. The molecule has 1 aliphatic heterocycles. The molecular weight excluding hydrogens is 216 g/mol. The van der Waals surface area contributed by atoms with E-state index in [1.807, 2.05) is 0 Å². The fraction of sp³-hybridized carbons (Fsp3) is 0.929. The maximum Gasteiger partial charge on any atom is 0.309 e. The van der Waals surface area contributed by atoms with Crippen LogP contribution in [0, 0.1) is 17.3 Å². The maximum absolute atomic E-state index is 11.6. The van der Waals surface area contributed by atoms with Crippen molar-refractivity contribution in [1.82, 2.24) is 0 Å². The van der Waals surface area contributed by atoms with Crippen molar-refractivity contribution in [3.8, 4) is 0 Å². The molecule has 2 fully saturated rings. The van der Waals surface area contributed by atoms with Gasteiger partial charge in [-0.1, -0.05) is 13.3 Å².